The third-order valence-electron chi connectivity index (χ3n) is 4.83. The van der Waals surface area contributed by atoms with E-state index in [9.17, 15) is 23.3 Å². The van der Waals surface area contributed by atoms with Crippen molar-refractivity contribution in [2.24, 2.45) is 0 Å². The standard InChI is InChI=1S/C19H21N3O7S/c1-28-17-8-4-7-16(18(17)29-2)19(23)20-9-11-21(12-10-20)30(26,27)15-6-3-5-14(13-15)22(24)25/h3-8,13H,9-12H2,1-2H3. The van der Waals surface area contributed by atoms with E-state index < -0.39 is 14.9 Å². The van der Waals surface area contributed by atoms with Gasteiger partial charge < -0.3 is 14.4 Å². The number of nitrogens with zero attached hydrogens (tertiary/aromatic N) is 3. The van der Waals surface area contributed by atoms with Gasteiger partial charge in [0.15, 0.2) is 11.5 Å². The van der Waals surface area contributed by atoms with Gasteiger partial charge in [-0.15, -0.1) is 0 Å². The van der Waals surface area contributed by atoms with Crippen molar-refractivity contribution in [2.75, 3.05) is 40.4 Å². The highest BCUT2D eigenvalue weighted by atomic mass is 32.2. The minimum absolute atomic E-state index is 0.0725. The number of ether oxygens (including phenoxy) is 2. The molecule has 1 fully saturated rings. The third-order valence-corrected chi connectivity index (χ3v) is 6.72. The number of rotatable bonds is 6. The molecule has 0 radical (unpaired) electrons. The Balaban J connectivity index is 1.76. The van der Waals surface area contributed by atoms with Crippen LogP contribution in [0.3, 0.4) is 0 Å². The molecule has 0 bridgehead atoms. The zero-order valence-electron chi connectivity index (χ0n) is 16.5. The second-order valence-corrected chi connectivity index (χ2v) is 8.43. The van der Waals surface area contributed by atoms with E-state index in [4.69, 9.17) is 9.47 Å². The van der Waals surface area contributed by atoms with E-state index in [1.54, 1.807) is 18.2 Å². The summed E-state index contributed by atoms with van der Waals surface area (Å²) in [6, 6.07) is 9.90. The SMILES string of the molecule is COc1cccc(C(=O)N2CCN(S(=O)(=O)c3cccc([N+](=O)[O-])c3)CC2)c1OC. The molecule has 0 aliphatic carbocycles. The van der Waals surface area contributed by atoms with Gasteiger partial charge in [-0.05, 0) is 18.2 Å². The molecule has 0 spiro atoms. The number of sulfonamides is 1. The first-order valence-electron chi connectivity index (χ1n) is 9.04. The topological polar surface area (TPSA) is 119 Å². The van der Waals surface area contributed by atoms with Crippen LogP contribution in [0.15, 0.2) is 47.4 Å². The van der Waals surface area contributed by atoms with Crippen LogP contribution in [-0.2, 0) is 10.0 Å². The number of methoxy groups -OCH3 is 2. The molecule has 0 saturated carbocycles. The van der Waals surface area contributed by atoms with Crippen molar-refractivity contribution in [1.29, 1.82) is 0 Å². The van der Waals surface area contributed by atoms with Gasteiger partial charge in [0, 0.05) is 38.3 Å². The van der Waals surface area contributed by atoms with Crippen LogP contribution in [0.2, 0.25) is 0 Å². The lowest BCUT2D eigenvalue weighted by atomic mass is 10.1. The molecule has 30 heavy (non-hydrogen) atoms. The molecule has 1 saturated heterocycles. The summed E-state index contributed by atoms with van der Waals surface area (Å²) >= 11 is 0. The van der Waals surface area contributed by atoms with Crippen molar-refractivity contribution < 1.29 is 27.6 Å². The molecule has 0 N–H and O–H groups in total. The molecule has 160 valence electrons. The second kappa shape index (κ2) is 8.67. The average molecular weight is 435 g/mol. The fourth-order valence-electron chi connectivity index (χ4n) is 3.26. The summed E-state index contributed by atoms with van der Waals surface area (Å²) < 4.78 is 37.5. The van der Waals surface area contributed by atoms with Crippen LogP contribution in [0.25, 0.3) is 0 Å². The number of para-hydroxylation sites is 1. The number of piperazine rings is 1. The molecule has 3 rings (SSSR count). The Kier molecular flexibility index (Phi) is 6.22. The number of hydrogen-bond donors (Lipinski definition) is 0. The molecular weight excluding hydrogens is 414 g/mol. The van der Waals surface area contributed by atoms with Crippen molar-refractivity contribution in [3.63, 3.8) is 0 Å². The van der Waals surface area contributed by atoms with Gasteiger partial charge in [-0.1, -0.05) is 12.1 Å². The molecule has 1 aliphatic rings. The van der Waals surface area contributed by atoms with E-state index in [1.165, 1.54) is 41.6 Å². The molecule has 1 heterocycles. The lowest BCUT2D eigenvalue weighted by Gasteiger charge is -2.34. The van der Waals surface area contributed by atoms with Gasteiger partial charge in [-0.2, -0.15) is 4.31 Å². The van der Waals surface area contributed by atoms with Gasteiger partial charge in [-0.3, -0.25) is 14.9 Å². The molecule has 0 unspecified atom stereocenters. The summed E-state index contributed by atoms with van der Waals surface area (Å²) in [5.74, 6) is 0.449. The van der Waals surface area contributed by atoms with Crippen LogP contribution < -0.4 is 9.47 Å². The minimum atomic E-state index is -3.91. The first kappa shape index (κ1) is 21.5. The van der Waals surface area contributed by atoms with Gasteiger partial charge in [-0.25, -0.2) is 8.42 Å². The Morgan fingerprint density at radius 2 is 1.70 bits per heavy atom. The summed E-state index contributed by atoms with van der Waals surface area (Å²) in [4.78, 5) is 24.6. The lowest BCUT2D eigenvalue weighted by molar-refractivity contribution is -0.385. The number of amides is 1. The maximum atomic E-state index is 12.9. The fourth-order valence-corrected chi connectivity index (χ4v) is 4.73. The average Bonchev–Trinajstić information content (AvgIpc) is 2.78. The summed E-state index contributed by atoms with van der Waals surface area (Å²) in [7, 11) is -0.991. The molecular formula is C19H21N3O7S. The maximum Gasteiger partial charge on any atom is 0.270 e. The zero-order chi connectivity index (χ0) is 21.9. The van der Waals surface area contributed by atoms with Gasteiger partial charge >= 0.3 is 0 Å². The summed E-state index contributed by atoms with van der Waals surface area (Å²) in [5.41, 5.74) is 0.0295. The fraction of sp³-hybridized carbons (Fsp3) is 0.316. The minimum Gasteiger partial charge on any atom is -0.493 e. The zero-order valence-corrected chi connectivity index (χ0v) is 17.3. The molecule has 0 aromatic heterocycles. The Hall–Kier alpha value is -3.18. The highest BCUT2D eigenvalue weighted by Gasteiger charge is 2.32. The van der Waals surface area contributed by atoms with Crippen LogP contribution >= 0.6 is 0 Å². The highest BCUT2D eigenvalue weighted by Crippen LogP contribution is 2.32. The predicted octanol–water partition coefficient (Wildman–Crippen LogP) is 1.76. The summed E-state index contributed by atoms with van der Waals surface area (Å²) in [6.07, 6.45) is 0. The molecule has 2 aromatic carbocycles. The number of carbonyl (C=O) groups excluding carboxylic acids is 1. The van der Waals surface area contributed by atoms with Crippen LogP contribution in [0.5, 0.6) is 11.5 Å². The van der Waals surface area contributed by atoms with E-state index in [-0.39, 0.29) is 42.7 Å². The molecule has 1 amide bonds. The van der Waals surface area contributed by atoms with E-state index in [1.807, 2.05) is 0 Å². The molecule has 0 atom stereocenters. The van der Waals surface area contributed by atoms with E-state index in [0.29, 0.717) is 17.1 Å². The van der Waals surface area contributed by atoms with Crippen molar-refractivity contribution in [2.45, 2.75) is 4.90 Å². The molecule has 11 heteroatoms. The van der Waals surface area contributed by atoms with E-state index in [0.717, 1.165) is 6.07 Å². The van der Waals surface area contributed by atoms with Crippen molar-refractivity contribution in [3.05, 3.63) is 58.1 Å². The highest BCUT2D eigenvalue weighted by molar-refractivity contribution is 7.89. The van der Waals surface area contributed by atoms with Crippen LogP contribution in [0.1, 0.15) is 10.4 Å². The summed E-state index contributed by atoms with van der Waals surface area (Å²) in [5, 5.41) is 10.9. The molecule has 1 aliphatic heterocycles. The number of nitro groups is 1. The maximum absolute atomic E-state index is 12.9. The number of hydrogen-bond acceptors (Lipinski definition) is 7. The number of benzene rings is 2. The Morgan fingerprint density at radius 3 is 2.30 bits per heavy atom. The second-order valence-electron chi connectivity index (χ2n) is 6.49. The molecule has 2 aromatic rings. The quantitative estimate of drug-likeness (QED) is 0.501. The first-order chi connectivity index (χ1) is 14.3. The van der Waals surface area contributed by atoms with E-state index >= 15 is 0 Å². The van der Waals surface area contributed by atoms with Crippen LogP contribution in [-0.4, -0.2) is 68.9 Å². The van der Waals surface area contributed by atoms with Crippen molar-refractivity contribution >= 4 is 21.6 Å². The normalized spacial score (nSPS) is 14.9. The number of non-ortho nitro benzene ring substituents is 1. The smallest absolute Gasteiger partial charge is 0.270 e. The Morgan fingerprint density at radius 1 is 1.03 bits per heavy atom. The van der Waals surface area contributed by atoms with Gasteiger partial charge in [0.25, 0.3) is 11.6 Å². The van der Waals surface area contributed by atoms with Crippen molar-refractivity contribution in [3.8, 4) is 11.5 Å². The molecule has 10 nitrogen and oxygen atoms in total. The van der Waals surface area contributed by atoms with Crippen molar-refractivity contribution in [1.82, 2.24) is 9.21 Å². The van der Waals surface area contributed by atoms with E-state index in [2.05, 4.69) is 0 Å². The lowest BCUT2D eigenvalue weighted by Crippen LogP contribution is -2.50. The third kappa shape index (κ3) is 4.07. The predicted molar refractivity (Wildman–Crippen MR) is 107 cm³/mol. The van der Waals surface area contributed by atoms with Crippen LogP contribution in [0, 0.1) is 10.1 Å². The number of carbonyl (C=O) groups is 1. The Labute approximate surface area is 173 Å². The number of nitro benzene ring substituents is 1. The van der Waals surface area contributed by atoms with Crippen LogP contribution in [0.4, 0.5) is 5.69 Å². The van der Waals surface area contributed by atoms with Gasteiger partial charge in [0.05, 0.1) is 29.6 Å². The Bertz CT molecular complexity index is 1060. The monoisotopic (exact) mass is 435 g/mol. The van der Waals surface area contributed by atoms with Gasteiger partial charge in [0.1, 0.15) is 0 Å². The first-order valence-corrected chi connectivity index (χ1v) is 10.5. The van der Waals surface area contributed by atoms with Gasteiger partial charge in [0.2, 0.25) is 10.0 Å². The summed E-state index contributed by atoms with van der Waals surface area (Å²) in [6.45, 7) is 0.493. The largest absolute Gasteiger partial charge is 0.493 e.